The molecule has 0 aliphatic rings. The molecule has 0 saturated heterocycles. The van der Waals surface area contributed by atoms with Gasteiger partial charge in [-0.3, -0.25) is 0 Å². The summed E-state index contributed by atoms with van der Waals surface area (Å²) < 4.78 is 4.56. The van der Waals surface area contributed by atoms with E-state index in [1.165, 1.54) is 5.56 Å². The topological polar surface area (TPSA) is 29.5 Å². The Morgan fingerprint density at radius 1 is 1.42 bits per heavy atom. The number of rotatable bonds is 5. The highest BCUT2D eigenvalue weighted by Gasteiger charge is 2.03. The quantitative estimate of drug-likeness (QED) is 0.471. The highest BCUT2D eigenvalue weighted by atomic mass is 35.5. The Morgan fingerprint density at radius 2 is 2.00 bits per heavy atom. The number of esters is 1. The van der Waals surface area contributed by atoms with Crippen LogP contribution < -0.4 is 0 Å². The van der Waals surface area contributed by atoms with Crippen molar-refractivity contribution >= 4 is 17.6 Å². The van der Waals surface area contributed by atoms with E-state index < -0.39 is 11.5 Å². The van der Waals surface area contributed by atoms with Gasteiger partial charge in [0.15, 0.2) is 5.56 Å². The molecule has 0 fully saturated rings. The van der Waals surface area contributed by atoms with Crippen molar-refractivity contribution in [2.75, 3.05) is 14.1 Å². The molecule has 0 aliphatic carbocycles. The molecule has 0 spiro atoms. The standard InChI is InChI=1S/C9H13N.C6H9ClO2/c1-10(2)8-9-6-4-3-5-7-9;1-3-5(7)9-6(8)4-2/h3-7H,8H2,1-2H3;4-5H,2-3H2,1H3. The van der Waals surface area contributed by atoms with Crippen molar-refractivity contribution < 1.29 is 9.53 Å². The Morgan fingerprint density at radius 3 is 2.42 bits per heavy atom. The summed E-state index contributed by atoms with van der Waals surface area (Å²) in [4.78, 5) is 12.5. The summed E-state index contributed by atoms with van der Waals surface area (Å²) in [5, 5.41) is 0. The van der Waals surface area contributed by atoms with Crippen LogP contribution >= 0.6 is 11.6 Å². The van der Waals surface area contributed by atoms with E-state index in [1.807, 2.05) is 13.0 Å². The van der Waals surface area contributed by atoms with E-state index in [9.17, 15) is 4.79 Å². The first-order valence-corrected chi connectivity index (χ1v) is 6.59. The number of hydrogen-bond acceptors (Lipinski definition) is 3. The summed E-state index contributed by atoms with van der Waals surface area (Å²) in [6.07, 6.45) is 1.70. The first-order valence-electron chi connectivity index (χ1n) is 6.15. The van der Waals surface area contributed by atoms with Crippen molar-refractivity contribution in [3.05, 3.63) is 48.6 Å². The molecule has 4 heteroatoms. The summed E-state index contributed by atoms with van der Waals surface area (Å²) in [5.74, 6) is -0.475. The van der Waals surface area contributed by atoms with Crippen LogP contribution in [0.5, 0.6) is 0 Å². The lowest BCUT2D eigenvalue weighted by atomic mass is 10.2. The second-order valence-corrected chi connectivity index (χ2v) is 4.67. The smallest absolute Gasteiger partial charge is 0.331 e. The van der Waals surface area contributed by atoms with Crippen molar-refractivity contribution in [3.63, 3.8) is 0 Å². The molecule has 1 aromatic rings. The van der Waals surface area contributed by atoms with Crippen LogP contribution in [0, 0.1) is 0 Å². The molecule has 19 heavy (non-hydrogen) atoms. The third-order valence-electron chi connectivity index (χ3n) is 2.07. The molecular weight excluding hydrogens is 262 g/mol. The van der Waals surface area contributed by atoms with Gasteiger partial charge in [-0.25, -0.2) is 4.79 Å². The van der Waals surface area contributed by atoms with Crippen LogP contribution in [0.3, 0.4) is 0 Å². The number of nitrogens with zero attached hydrogens (tertiary/aromatic N) is 1. The van der Waals surface area contributed by atoms with Gasteiger partial charge in [-0.1, -0.05) is 55.4 Å². The normalized spacial score (nSPS) is 11.2. The number of carbonyl (C=O) groups excluding carboxylic acids is 1. The summed E-state index contributed by atoms with van der Waals surface area (Å²) in [6, 6.07) is 10.5. The van der Waals surface area contributed by atoms with Gasteiger partial charge in [-0.2, -0.15) is 0 Å². The van der Waals surface area contributed by atoms with E-state index in [0.717, 1.165) is 12.6 Å². The third-order valence-corrected chi connectivity index (χ3v) is 2.47. The van der Waals surface area contributed by atoms with Gasteiger partial charge in [0, 0.05) is 12.6 Å². The summed E-state index contributed by atoms with van der Waals surface area (Å²) in [6.45, 7) is 6.07. The van der Waals surface area contributed by atoms with Gasteiger partial charge in [0.1, 0.15) is 0 Å². The van der Waals surface area contributed by atoms with Gasteiger partial charge in [-0.15, -0.1) is 0 Å². The maximum atomic E-state index is 10.4. The van der Waals surface area contributed by atoms with E-state index in [2.05, 4.69) is 54.6 Å². The molecule has 0 amide bonds. The SMILES string of the molecule is C=CC(=O)OC(Cl)CC.CN(C)Cc1ccccc1. The Labute approximate surface area is 120 Å². The Bertz CT molecular complexity index is 366. The Hall–Kier alpha value is -1.32. The van der Waals surface area contributed by atoms with Gasteiger partial charge >= 0.3 is 5.97 Å². The van der Waals surface area contributed by atoms with E-state index in [-0.39, 0.29) is 0 Å². The molecule has 0 aromatic heterocycles. The van der Waals surface area contributed by atoms with Gasteiger partial charge in [0.05, 0.1) is 0 Å². The maximum absolute atomic E-state index is 10.4. The molecule has 0 radical (unpaired) electrons. The highest BCUT2D eigenvalue weighted by molar-refractivity contribution is 6.20. The zero-order valence-electron chi connectivity index (χ0n) is 11.8. The minimum atomic E-state index is -0.518. The fourth-order valence-corrected chi connectivity index (χ4v) is 1.29. The van der Waals surface area contributed by atoms with E-state index in [1.54, 1.807) is 0 Å². The second-order valence-electron chi connectivity index (χ2n) is 4.18. The third kappa shape index (κ3) is 10.3. The molecule has 1 rings (SSSR count). The predicted octanol–water partition coefficient (Wildman–Crippen LogP) is 3.44. The molecule has 1 unspecified atom stereocenters. The molecule has 106 valence electrons. The highest BCUT2D eigenvalue weighted by Crippen LogP contribution is 2.02. The molecule has 1 atom stereocenters. The maximum Gasteiger partial charge on any atom is 0.331 e. The van der Waals surface area contributed by atoms with Crippen LogP contribution in [0.15, 0.2) is 43.0 Å². The first-order chi connectivity index (χ1) is 8.99. The van der Waals surface area contributed by atoms with Crippen LogP contribution in [-0.2, 0) is 16.1 Å². The minimum Gasteiger partial charge on any atom is -0.443 e. The summed E-state index contributed by atoms with van der Waals surface area (Å²) >= 11 is 5.45. The minimum absolute atomic E-state index is 0.475. The predicted molar refractivity (Wildman–Crippen MR) is 80.1 cm³/mol. The second kappa shape index (κ2) is 10.6. The number of halogens is 1. The van der Waals surface area contributed by atoms with Gasteiger partial charge in [0.25, 0.3) is 0 Å². The lowest BCUT2D eigenvalue weighted by Crippen LogP contribution is -2.10. The lowest BCUT2D eigenvalue weighted by Gasteiger charge is -2.08. The average Bonchev–Trinajstić information content (AvgIpc) is 2.39. The molecule has 1 aromatic carbocycles. The molecule has 0 bridgehead atoms. The van der Waals surface area contributed by atoms with Gasteiger partial charge < -0.3 is 9.64 Å². The van der Waals surface area contributed by atoms with Crippen molar-refractivity contribution in [1.82, 2.24) is 4.90 Å². The van der Waals surface area contributed by atoms with Gasteiger partial charge in [0.2, 0.25) is 0 Å². The monoisotopic (exact) mass is 283 g/mol. The van der Waals surface area contributed by atoms with E-state index >= 15 is 0 Å². The fourth-order valence-electron chi connectivity index (χ4n) is 1.21. The zero-order chi connectivity index (χ0) is 14.7. The number of ether oxygens (including phenoxy) is 1. The average molecular weight is 284 g/mol. The number of benzene rings is 1. The fraction of sp³-hybridized carbons (Fsp3) is 0.400. The molecule has 0 heterocycles. The van der Waals surface area contributed by atoms with E-state index in [0.29, 0.717) is 6.42 Å². The van der Waals surface area contributed by atoms with Gasteiger partial charge in [-0.05, 0) is 26.1 Å². The molecule has 0 aliphatic heterocycles. The van der Waals surface area contributed by atoms with Crippen LogP contribution in [0.1, 0.15) is 18.9 Å². The van der Waals surface area contributed by atoms with Crippen molar-refractivity contribution in [2.24, 2.45) is 0 Å². The lowest BCUT2D eigenvalue weighted by molar-refractivity contribution is -0.139. The summed E-state index contributed by atoms with van der Waals surface area (Å²) in [5.41, 5.74) is 0.850. The van der Waals surface area contributed by atoms with E-state index in [4.69, 9.17) is 11.6 Å². The van der Waals surface area contributed by atoms with Crippen LogP contribution in [0.4, 0.5) is 0 Å². The summed E-state index contributed by atoms with van der Waals surface area (Å²) in [7, 11) is 4.15. The molecular formula is C15H22ClNO2. The van der Waals surface area contributed by atoms with Crippen LogP contribution in [-0.4, -0.2) is 30.5 Å². The number of hydrogen-bond donors (Lipinski definition) is 0. The number of alkyl halides is 1. The van der Waals surface area contributed by atoms with Crippen molar-refractivity contribution in [1.29, 1.82) is 0 Å². The van der Waals surface area contributed by atoms with Crippen LogP contribution in [0.25, 0.3) is 0 Å². The zero-order valence-corrected chi connectivity index (χ0v) is 12.6. The van der Waals surface area contributed by atoms with Crippen molar-refractivity contribution in [3.8, 4) is 0 Å². The van der Waals surface area contributed by atoms with Crippen molar-refractivity contribution in [2.45, 2.75) is 25.5 Å². The Kier molecular flexibility index (Phi) is 9.85. The van der Waals surface area contributed by atoms with Crippen LogP contribution in [0.2, 0.25) is 0 Å². The molecule has 3 nitrogen and oxygen atoms in total. The largest absolute Gasteiger partial charge is 0.443 e. The Balaban J connectivity index is 0.000000344. The first kappa shape index (κ1) is 17.7. The molecule has 0 saturated carbocycles. The molecule has 0 N–H and O–H groups in total. The number of carbonyl (C=O) groups is 1.